The van der Waals surface area contributed by atoms with E-state index in [9.17, 15) is 5.11 Å². The van der Waals surface area contributed by atoms with Crippen LogP contribution in [0.2, 0.25) is 0 Å². The summed E-state index contributed by atoms with van der Waals surface area (Å²) in [5.74, 6) is -0.00463. The van der Waals surface area contributed by atoms with Gasteiger partial charge in [0, 0.05) is 0 Å². The van der Waals surface area contributed by atoms with E-state index in [0.717, 1.165) is 0 Å². The van der Waals surface area contributed by atoms with Crippen LogP contribution in [-0.4, -0.2) is 29.0 Å². The first-order valence-electron chi connectivity index (χ1n) is 3.18. The van der Waals surface area contributed by atoms with Crippen molar-refractivity contribution in [2.75, 3.05) is 6.61 Å². The molecule has 0 aromatic heterocycles. The molecule has 1 fully saturated rings. The van der Waals surface area contributed by atoms with Crippen molar-refractivity contribution in [1.82, 2.24) is 0 Å². The molecule has 0 saturated heterocycles. The van der Waals surface area contributed by atoms with Crippen LogP contribution in [0.5, 0.6) is 0 Å². The molecule has 2 unspecified atom stereocenters. The third-order valence-electron chi connectivity index (χ3n) is 1.83. The van der Waals surface area contributed by atoms with E-state index >= 15 is 0 Å². The molecule has 0 aromatic rings. The summed E-state index contributed by atoms with van der Waals surface area (Å²) >= 11 is 0. The van der Waals surface area contributed by atoms with Crippen molar-refractivity contribution in [2.45, 2.75) is 25.0 Å². The van der Waals surface area contributed by atoms with Crippen molar-refractivity contribution >= 4 is 0 Å². The van der Waals surface area contributed by atoms with Gasteiger partial charge in [0.15, 0.2) is 0 Å². The van der Waals surface area contributed by atoms with Gasteiger partial charge in [0.05, 0.1) is 18.8 Å². The van der Waals surface area contributed by atoms with E-state index in [1.54, 1.807) is 0 Å². The van der Waals surface area contributed by atoms with Gasteiger partial charge >= 0.3 is 0 Å². The maximum Gasteiger partial charge on any atom is 0.0852 e. The summed E-state index contributed by atoms with van der Waals surface area (Å²) in [4.78, 5) is 0. The quantitative estimate of drug-likeness (QED) is 0.506. The molecule has 2 atom stereocenters. The van der Waals surface area contributed by atoms with Crippen LogP contribution in [0.1, 0.15) is 12.8 Å². The molecule has 3 nitrogen and oxygen atoms in total. The lowest BCUT2D eigenvalue weighted by Crippen LogP contribution is -2.17. The molecule has 0 aromatic carbocycles. The first-order valence-corrected chi connectivity index (χ1v) is 3.18. The second-order valence-corrected chi connectivity index (χ2v) is 2.64. The summed E-state index contributed by atoms with van der Waals surface area (Å²) in [6.45, 7) is -0.172. The number of rotatable bonds is 1. The Balaban J connectivity index is 2.35. The lowest BCUT2D eigenvalue weighted by molar-refractivity contribution is 0.0438. The highest BCUT2D eigenvalue weighted by molar-refractivity contribution is 4.81. The Bertz CT molecular complexity index is 84.3. The molecule has 1 aliphatic carbocycles. The fourth-order valence-corrected chi connectivity index (χ4v) is 1.23. The van der Waals surface area contributed by atoms with Crippen molar-refractivity contribution in [2.24, 2.45) is 5.92 Å². The SMILES string of the molecule is [O]CC1CC(O)C(O)C1. The van der Waals surface area contributed by atoms with Gasteiger partial charge < -0.3 is 10.2 Å². The van der Waals surface area contributed by atoms with Gasteiger partial charge in [0.1, 0.15) is 0 Å². The Morgan fingerprint density at radius 1 is 1.22 bits per heavy atom. The number of hydrogen-bond acceptors (Lipinski definition) is 2. The monoisotopic (exact) mass is 131 g/mol. The molecule has 2 N–H and O–H groups in total. The Hall–Kier alpha value is -0.120. The smallest absolute Gasteiger partial charge is 0.0852 e. The Morgan fingerprint density at radius 3 is 1.89 bits per heavy atom. The van der Waals surface area contributed by atoms with Crippen molar-refractivity contribution < 1.29 is 15.3 Å². The predicted molar refractivity (Wildman–Crippen MR) is 30.3 cm³/mol. The molecule has 0 spiro atoms. The van der Waals surface area contributed by atoms with E-state index in [2.05, 4.69) is 0 Å². The molecule has 1 saturated carbocycles. The van der Waals surface area contributed by atoms with Crippen molar-refractivity contribution in [3.63, 3.8) is 0 Å². The summed E-state index contributed by atoms with van der Waals surface area (Å²) < 4.78 is 0. The van der Waals surface area contributed by atoms with Crippen molar-refractivity contribution in [3.05, 3.63) is 0 Å². The van der Waals surface area contributed by atoms with Gasteiger partial charge in [-0.1, -0.05) is 0 Å². The third-order valence-corrected chi connectivity index (χ3v) is 1.83. The summed E-state index contributed by atoms with van der Waals surface area (Å²) in [7, 11) is 0. The minimum atomic E-state index is -0.649. The highest BCUT2D eigenvalue weighted by atomic mass is 16.3. The molecule has 0 bridgehead atoms. The van der Waals surface area contributed by atoms with Crippen LogP contribution in [0.15, 0.2) is 0 Å². The van der Waals surface area contributed by atoms with Crippen LogP contribution in [0, 0.1) is 5.92 Å². The molecule has 1 radical (unpaired) electrons. The highest BCUT2D eigenvalue weighted by Crippen LogP contribution is 2.25. The normalized spacial score (nSPS) is 43.7. The topological polar surface area (TPSA) is 60.4 Å². The zero-order valence-corrected chi connectivity index (χ0v) is 5.16. The van der Waals surface area contributed by atoms with E-state index in [1.807, 2.05) is 0 Å². The molecule has 3 heteroatoms. The minimum absolute atomic E-state index is 0.00463. The van der Waals surface area contributed by atoms with Crippen molar-refractivity contribution in [3.8, 4) is 0 Å². The summed E-state index contributed by atoms with van der Waals surface area (Å²) in [6.07, 6.45) is -0.345. The fourth-order valence-electron chi connectivity index (χ4n) is 1.23. The van der Waals surface area contributed by atoms with Crippen LogP contribution in [-0.2, 0) is 5.11 Å². The fraction of sp³-hybridized carbons (Fsp3) is 1.00. The standard InChI is InChI=1S/C6H11O3/c7-3-4-1-5(8)6(9)2-4/h4-6,8-9H,1-3H2. The summed E-state index contributed by atoms with van der Waals surface area (Å²) in [5, 5.41) is 28.0. The van der Waals surface area contributed by atoms with Crippen LogP contribution >= 0.6 is 0 Å². The lowest BCUT2D eigenvalue weighted by atomic mass is 10.1. The highest BCUT2D eigenvalue weighted by Gasteiger charge is 2.30. The van der Waals surface area contributed by atoms with Gasteiger partial charge in [-0.05, 0) is 18.8 Å². The van der Waals surface area contributed by atoms with E-state index < -0.39 is 12.2 Å². The first kappa shape index (κ1) is 6.99. The first-order chi connectivity index (χ1) is 4.24. The Morgan fingerprint density at radius 2 is 1.67 bits per heavy atom. The lowest BCUT2D eigenvalue weighted by Gasteiger charge is -2.03. The molecule has 0 aliphatic heterocycles. The van der Waals surface area contributed by atoms with Gasteiger partial charge in [0.2, 0.25) is 0 Å². The van der Waals surface area contributed by atoms with E-state index in [4.69, 9.17) is 10.2 Å². The second-order valence-electron chi connectivity index (χ2n) is 2.64. The Kier molecular flexibility index (Phi) is 2.05. The molecule has 1 aliphatic rings. The van der Waals surface area contributed by atoms with E-state index in [0.29, 0.717) is 12.8 Å². The zero-order valence-electron chi connectivity index (χ0n) is 5.16. The minimum Gasteiger partial charge on any atom is -0.390 e. The number of aliphatic hydroxyl groups is 2. The second kappa shape index (κ2) is 2.64. The average molecular weight is 131 g/mol. The number of aliphatic hydroxyl groups excluding tert-OH is 2. The average Bonchev–Trinajstić information content (AvgIpc) is 2.13. The van der Waals surface area contributed by atoms with Gasteiger partial charge in [-0.3, -0.25) is 0 Å². The molecule has 0 heterocycles. The van der Waals surface area contributed by atoms with Crippen LogP contribution < -0.4 is 0 Å². The molecule has 9 heavy (non-hydrogen) atoms. The maximum absolute atomic E-state index is 10.2. The summed E-state index contributed by atoms with van der Waals surface area (Å²) in [6, 6.07) is 0. The summed E-state index contributed by atoms with van der Waals surface area (Å²) in [5.41, 5.74) is 0. The molecule has 1 rings (SSSR count). The van der Waals surface area contributed by atoms with E-state index in [1.165, 1.54) is 0 Å². The van der Waals surface area contributed by atoms with Gasteiger partial charge in [-0.15, -0.1) is 0 Å². The van der Waals surface area contributed by atoms with Gasteiger partial charge in [-0.2, -0.15) is 0 Å². The third kappa shape index (κ3) is 1.41. The Labute approximate surface area is 53.9 Å². The zero-order chi connectivity index (χ0) is 6.85. The van der Waals surface area contributed by atoms with E-state index in [-0.39, 0.29) is 12.5 Å². The maximum atomic E-state index is 10.2. The van der Waals surface area contributed by atoms with Crippen LogP contribution in [0.4, 0.5) is 0 Å². The van der Waals surface area contributed by atoms with Crippen molar-refractivity contribution in [1.29, 1.82) is 0 Å². The largest absolute Gasteiger partial charge is 0.390 e. The molecular formula is C6H11O3. The van der Waals surface area contributed by atoms with Gasteiger partial charge in [0.25, 0.3) is 0 Å². The predicted octanol–water partition coefficient (Wildman–Crippen LogP) is -0.451. The number of hydrogen-bond donors (Lipinski definition) is 2. The van der Waals surface area contributed by atoms with Crippen LogP contribution in [0.25, 0.3) is 0 Å². The van der Waals surface area contributed by atoms with Crippen LogP contribution in [0.3, 0.4) is 0 Å². The molecule has 53 valence electrons. The molecular weight excluding hydrogens is 120 g/mol. The molecule has 0 amide bonds. The van der Waals surface area contributed by atoms with Gasteiger partial charge in [-0.25, -0.2) is 5.11 Å².